The van der Waals surface area contributed by atoms with Crippen molar-refractivity contribution in [2.24, 2.45) is 10.4 Å². The van der Waals surface area contributed by atoms with Gasteiger partial charge in [-0.05, 0) is 32.6 Å². The highest BCUT2D eigenvalue weighted by molar-refractivity contribution is 14.0. The summed E-state index contributed by atoms with van der Waals surface area (Å²) in [5.41, 5.74) is 0.380. The normalized spacial score (nSPS) is 23.7. The van der Waals surface area contributed by atoms with Gasteiger partial charge in [0.05, 0.1) is 6.61 Å². The number of nitrogens with zero attached hydrogens (tertiary/aromatic N) is 5. The second-order valence-corrected chi connectivity index (χ2v) is 6.62. The zero-order valence-corrected chi connectivity index (χ0v) is 16.8. The van der Waals surface area contributed by atoms with E-state index in [1.807, 2.05) is 4.57 Å². The van der Waals surface area contributed by atoms with Crippen molar-refractivity contribution in [1.82, 2.24) is 25.0 Å². The van der Waals surface area contributed by atoms with Gasteiger partial charge >= 0.3 is 0 Å². The number of likely N-dealkylation sites (tertiary alicyclic amines) is 1. The first-order valence-corrected chi connectivity index (χ1v) is 8.75. The van der Waals surface area contributed by atoms with Crippen molar-refractivity contribution < 1.29 is 4.74 Å². The summed E-state index contributed by atoms with van der Waals surface area (Å²) >= 11 is 0. The van der Waals surface area contributed by atoms with Crippen LogP contribution in [0.3, 0.4) is 0 Å². The Kier molecular flexibility index (Phi) is 7.73. The highest BCUT2D eigenvalue weighted by Gasteiger charge is 2.42. The van der Waals surface area contributed by atoms with E-state index in [0.29, 0.717) is 5.41 Å². The zero-order chi connectivity index (χ0) is 16.0. The van der Waals surface area contributed by atoms with Gasteiger partial charge in [-0.2, -0.15) is 0 Å². The number of guanidine groups is 1. The molecule has 1 aromatic rings. The van der Waals surface area contributed by atoms with Crippen LogP contribution in [-0.4, -0.2) is 65.0 Å². The van der Waals surface area contributed by atoms with Gasteiger partial charge in [-0.3, -0.25) is 4.99 Å². The molecule has 1 aromatic heterocycles. The summed E-state index contributed by atoms with van der Waals surface area (Å²) in [7, 11) is 0. The van der Waals surface area contributed by atoms with Gasteiger partial charge in [-0.15, -0.1) is 34.2 Å². The fraction of sp³-hybridized carbons (Fsp3) is 0.812. The Hall–Kier alpha value is -0.900. The van der Waals surface area contributed by atoms with Crippen molar-refractivity contribution in [3.05, 3.63) is 12.7 Å². The van der Waals surface area contributed by atoms with Gasteiger partial charge in [0.1, 0.15) is 12.7 Å². The first-order chi connectivity index (χ1) is 11.3. The van der Waals surface area contributed by atoms with Crippen molar-refractivity contribution in [3.63, 3.8) is 0 Å². The van der Waals surface area contributed by atoms with E-state index in [4.69, 9.17) is 9.73 Å². The van der Waals surface area contributed by atoms with Crippen molar-refractivity contribution in [2.45, 2.75) is 39.2 Å². The fourth-order valence-corrected chi connectivity index (χ4v) is 3.44. The average Bonchev–Trinajstić information content (AvgIpc) is 3.30. The predicted octanol–water partition coefficient (Wildman–Crippen LogP) is 1.75. The summed E-state index contributed by atoms with van der Waals surface area (Å²) in [6, 6.07) is 0. The first-order valence-electron chi connectivity index (χ1n) is 8.75. The third kappa shape index (κ3) is 5.05. The van der Waals surface area contributed by atoms with Crippen LogP contribution in [0.1, 0.15) is 32.6 Å². The zero-order valence-electron chi connectivity index (χ0n) is 14.5. The molecule has 0 radical (unpaired) electrons. The van der Waals surface area contributed by atoms with E-state index in [2.05, 4.69) is 27.3 Å². The van der Waals surface area contributed by atoms with Crippen LogP contribution >= 0.6 is 24.0 Å². The minimum absolute atomic E-state index is 0. The van der Waals surface area contributed by atoms with Gasteiger partial charge in [-0.25, -0.2) is 0 Å². The van der Waals surface area contributed by atoms with Crippen molar-refractivity contribution >= 4 is 29.9 Å². The maximum absolute atomic E-state index is 5.62. The summed E-state index contributed by atoms with van der Waals surface area (Å²) in [6.45, 7) is 8.89. The second kappa shape index (κ2) is 9.55. The summed E-state index contributed by atoms with van der Waals surface area (Å²) in [6.07, 6.45) is 8.13. The predicted molar refractivity (Wildman–Crippen MR) is 105 cm³/mol. The molecule has 2 saturated heterocycles. The first kappa shape index (κ1) is 19.4. The van der Waals surface area contributed by atoms with Gasteiger partial charge in [-0.1, -0.05) is 0 Å². The molecular formula is C16H29IN6O. The number of nitrogens with one attached hydrogen (secondary N) is 1. The molecule has 8 heteroatoms. The summed E-state index contributed by atoms with van der Waals surface area (Å²) in [5.74, 6) is 1.07. The SMILES string of the molecule is CCNC(=NCCCCn1cnnc1)N1CCC2(CCOC2)C1.I. The number of aryl methyl sites for hydroxylation is 1. The van der Waals surface area contributed by atoms with E-state index in [-0.39, 0.29) is 24.0 Å². The minimum atomic E-state index is 0. The quantitative estimate of drug-likeness (QED) is 0.311. The minimum Gasteiger partial charge on any atom is -0.381 e. The van der Waals surface area contributed by atoms with Gasteiger partial charge in [0, 0.05) is 44.7 Å². The number of aromatic nitrogens is 3. The molecule has 1 atom stereocenters. The molecule has 1 unspecified atom stereocenters. The Balaban J connectivity index is 0.00000208. The highest BCUT2D eigenvalue weighted by atomic mass is 127. The largest absolute Gasteiger partial charge is 0.381 e. The second-order valence-electron chi connectivity index (χ2n) is 6.62. The average molecular weight is 448 g/mol. The van der Waals surface area contributed by atoms with Gasteiger partial charge < -0.3 is 19.5 Å². The molecule has 0 saturated carbocycles. The van der Waals surface area contributed by atoms with Gasteiger partial charge in [0.15, 0.2) is 5.96 Å². The van der Waals surface area contributed by atoms with Crippen LogP contribution in [0.5, 0.6) is 0 Å². The number of hydrogen-bond acceptors (Lipinski definition) is 4. The molecule has 0 aliphatic carbocycles. The van der Waals surface area contributed by atoms with E-state index < -0.39 is 0 Å². The number of unbranched alkanes of at least 4 members (excludes halogenated alkanes) is 1. The van der Waals surface area contributed by atoms with Crippen LogP contribution in [0.25, 0.3) is 0 Å². The molecule has 136 valence electrons. The Morgan fingerprint density at radius 2 is 2.12 bits per heavy atom. The van der Waals surface area contributed by atoms with E-state index >= 15 is 0 Å². The van der Waals surface area contributed by atoms with Gasteiger partial charge in [0.2, 0.25) is 0 Å². The van der Waals surface area contributed by atoms with Crippen LogP contribution in [0.4, 0.5) is 0 Å². The number of halogens is 1. The van der Waals surface area contributed by atoms with E-state index in [1.54, 1.807) is 12.7 Å². The van der Waals surface area contributed by atoms with E-state index in [9.17, 15) is 0 Å². The Labute approximate surface area is 161 Å². The Bertz CT molecular complexity index is 501. The lowest BCUT2D eigenvalue weighted by Crippen LogP contribution is -2.41. The van der Waals surface area contributed by atoms with Gasteiger partial charge in [0.25, 0.3) is 0 Å². The lowest BCUT2D eigenvalue weighted by Gasteiger charge is -2.25. The smallest absolute Gasteiger partial charge is 0.193 e. The van der Waals surface area contributed by atoms with Crippen molar-refractivity contribution in [3.8, 4) is 0 Å². The monoisotopic (exact) mass is 448 g/mol. The number of aliphatic imine (C=N–C) groups is 1. The standard InChI is InChI=1S/C16H28N6O.HI/c1-2-17-15(18-7-3-4-8-21-13-19-20-14-21)22-9-5-16(11-22)6-10-23-12-16;/h13-14H,2-12H2,1H3,(H,17,18);1H. The number of hydrogen-bond donors (Lipinski definition) is 1. The molecule has 1 spiro atoms. The molecule has 3 heterocycles. The van der Waals surface area contributed by atoms with Crippen LogP contribution < -0.4 is 5.32 Å². The third-order valence-electron chi connectivity index (χ3n) is 4.81. The Morgan fingerprint density at radius 1 is 1.29 bits per heavy atom. The molecule has 2 aliphatic heterocycles. The molecule has 0 amide bonds. The lowest BCUT2D eigenvalue weighted by molar-refractivity contribution is 0.156. The molecule has 3 rings (SSSR count). The number of rotatable bonds is 6. The third-order valence-corrected chi connectivity index (χ3v) is 4.81. The fourth-order valence-electron chi connectivity index (χ4n) is 3.44. The lowest BCUT2D eigenvalue weighted by atomic mass is 9.87. The summed E-state index contributed by atoms with van der Waals surface area (Å²) in [4.78, 5) is 7.23. The van der Waals surface area contributed by atoms with Crippen molar-refractivity contribution in [1.29, 1.82) is 0 Å². The van der Waals surface area contributed by atoms with Crippen LogP contribution in [-0.2, 0) is 11.3 Å². The summed E-state index contributed by atoms with van der Waals surface area (Å²) in [5, 5.41) is 11.1. The molecule has 2 fully saturated rings. The molecular weight excluding hydrogens is 419 g/mol. The van der Waals surface area contributed by atoms with E-state index in [0.717, 1.165) is 64.7 Å². The molecule has 0 bridgehead atoms. The highest BCUT2D eigenvalue weighted by Crippen LogP contribution is 2.38. The summed E-state index contributed by atoms with van der Waals surface area (Å²) < 4.78 is 7.63. The molecule has 7 nitrogen and oxygen atoms in total. The molecule has 1 N–H and O–H groups in total. The van der Waals surface area contributed by atoms with Crippen molar-refractivity contribution in [2.75, 3.05) is 39.4 Å². The molecule has 24 heavy (non-hydrogen) atoms. The molecule has 2 aliphatic rings. The maximum atomic E-state index is 5.62. The Morgan fingerprint density at radius 3 is 2.83 bits per heavy atom. The molecule has 0 aromatic carbocycles. The maximum Gasteiger partial charge on any atom is 0.193 e. The van der Waals surface area contributed by atoms with Crippen LogP contribution in [0, 0.1) is 5.41 Å². The van der Waals surface area contributed by atoms with Crippen LogP contribution in [0.15, 0.2) is 17.6 Å². The van der Waals surface area contributed by atoms with Crippen LogP contribution in [0.2, 0.25) is 0 Å². The van der Waals surface area contributed by atoms with E-state index in [1.165, 1.54) is 12.8 Å². The topological polar surface area (TPSA) is 67.6 Å². The number of ether oxygens (including phenoxy) is 1.